The first-order chi connectivity index (χ1) is 7.99. The van der Waals surface area contributed by atoms with E-state index in [0.29, 0.717) is 18.1 Å². The average Bonchev–Trinajstić information content (AvgIpc) is 2.23. The van der Waals surface area contributed by atoms with Gasteiger partial charge in [-0.15, -0.1) is 0 Å². The van der Waals surface area contributed by atoms with Crippen molar-refractivity contribution < 1.29 is 4.79 Å². The molecule has 1 aliphatic rings. The van der Waals surface area contributed by atoms with E-state index in [9.17, 15) is 4.79 Å². The van der Waals surface area contributed by atoms with Gasteiger partial charge in [-0.3, -0.25) is 4.79 Å². The molecule has 1 unspecified atom stereocenters. The fourth-order valence-corrected chi connectivity index (χ4v) is 2.13. The van der Waals surface area contributed by atoms with Gasteiger partial charge in [-0.25, -0.2) is 0 Å². The number of carbonyl (C=O) groups excluding carboxylic acids is 1. The maximum absolute atomic E-state index is 11.6. The molecule has 0 aromatic carbocycles. The van der Waals surface area contributed by atoms with Crippen molar-refractivity contribution in [2.75, 3.05) is 0 Å². The summed E-state index contributed by atoms with van der Waals surface area (Å²) in [5, 5.41) is 0. The number of carbonyl (C=O) groups is 1. The van der Waals surface area contributed by atoms with Gasteiger partial charge in [0.05, 0.1) is 0 Å². The molecule has 0 bridgehead atoms. The zero-order valence-corrected chi connectivity index (χ0v) is 11.5. The van der Waals surface area contributed by atoms with Gasteiger partial charge in [-0.1, -0.05) is 29.4 Å². The summed E-state index contributed by atoms with van der Waals surface area (Å²) >= 11 is 0. The maximum Gasteiger partial charge on any atom is 0.158 e. The molecule has 0 heterocycles. The number of allylic oxidation sites excluding steroid dienone is 6. The molecule has 0 saturated heterocycles. The van der Waals surface area contributed by atoms with Crippen LogP contribution in [0.25, 0.3) is 0 Å². The van der Waals surface area contributed by atoms with Crippen molar-refractivity contribution in [1.29, 1.82) is 0 Å². The second-order valence-electron chi connectivity index (χ2n) is 5.34. The first-order valence-corrected chi connectivity index (χ1v) is 6.49. The minimum atomic E-state index is 0.314. The summed E-state index contributed by atoms with van der Waals surface area (Å²) in [6.07, 6.45) is 10.6. The molecule has 0 N–H and O–H groups in total. The third-order valence-corrected chi connectivity index (χ3v) is 3.23. The van der Waals surface area contributed by atoms with E-state index in [4.69, 9.17) is 0 Å². The van der Waals surface area contributed by atoms with Crippen LogP contribution in [0.4, 0.5) is 0 Å². The lowest BCUT2D eigenvalue weighted by atomic mass is 9.87. The van der Waals surface area contributed by atoms with Gasteiger partial charge in [0.2, 0.25) is 0 Å². The zero-order valence-electron chi connectivity index (χ0n) is 11.5. The van der Waals surface area contributed by atoms with E-state index in [0.717, 1.165) is 24.8 Å². The van der Waals surface area contributed by atoms with Crippen molar-refractivity contribution >= 4 is 5.78 Å². The van der Waals surface area contributed by atoms with Crippen molar-refractivity contribution in [1.82, 2.24) is 0 Å². The van der Waals surface area contributed by atoms with Gasteiger partial charge in [-0.2, -0.15) is 0 Å². The number of Topliss-reactive ketones (excluding diaryl/α,β-unsaturated/α-hetero) is 1. The van der Waals surface area contributed by atoms with Crippen LogP contribution in [0, 0.1) is 5.92 Å². The van der Waals surface area contributed by atoms with Crippen LogP contribution in [0.3, 0.4) is 0 Å². The first-order valence-electron chi connectivity index (χ1n) is 6.49. The van der Waals surface area contributed by atoms with Crippen LogP contribution in [0.1, 0.15) is 53.4 Å². The van der Waals surface area contributed by atoms with Gasteiger partial charge in [0.15, 0.2) is 5.78 Å². The van der Waals surface area contributed by atoms with Gasteiger partial charge in [0, 0.05) is 6.42 Å². The molecular weight excluding hydrogens is 208 g/mol. The summed E-state index contributed by atoms with van der Waals surface area (Å²) in [7, 11) is 0. The van der Waals surface area contributed by atoms with Gasteiger partial charge in [0.25, 0.3) is 0 Å². The van der Waals surface area contributed by atoms with Crippen LogP contribution in [0.5, 0.6) is 0 Å². The van der Waals surface area contributed by atoms with Crippen molar-refractivity contribution in [3.63, 3.8) is 0 Å². The van der Waals surface area contributed by atoms with Crippen LogP contribution >= 0.6 is 0 Å². The highest BCUT2D eigenvalue weighted by atomic mass is 16.1. The molecule has 0 aromatic heterocycles. The van der Waals surface area contributed by atoms with Crippen LogP contribution < -0.4 is 0 Å². The summed E-state index contributed by atoms with van der Waals surface area (Å²) in [6, 6.07) is 0. The molecule has 1 rings (SSSR count). The summed E-state index contributed by atoms with van der Waals surface area (Å²) in [4.78, 5) is 11.6. The number of hydrogen-bond acceptors (Lipinski definition) is 1. The fraction of sp³-hybridized carbons (Fsp3) is 0.562. The third kappa shape index (κ3) is 5.16. The highest BCUT2D eigenvalue weighted by Gasteiger charge is 2.17. The van der Waals surface area contributed by atoms with E-state index in [1.54, 1.807) is 0 Å². The van der Waals surface area contributed by atoms with Crippen molar-refractivity contribution in [3.05, 3.63) is 34.9 Å². The SMILES string of the molecule is CC(C)=CCC/C(C)=C/C1CC=C(C)C(=O)C1. The van der Waals surface area contributed by atoms with E-state index in [1.807, 2.05) is 6.92 Å². The van der Waals surface area contributed by atoms with E-state index in [-0.39, 0.29) is 0 Å². The Morgan fingerprint density at radius 2 is 2.12 bits per heavy atom. The Hall–Kier alpha value is -1.11. The molecule has 0 fully saturated rings. The first kappa shape index (κ1) is 14.0. The zero-order chi connectivity index (χ0) is 12.8. The Kier molecular flexibility index (Phi) is 5.40. The number of ketones is 1. The number of rotatable bonds is 4. The predicted octanol–water partition coefficient (Wildman–Crippen LogP) is 4.60. The molecule has 1 heteroatoms. The molecular formula is C16H24O. The molecule has 1 nitrogen and oxygen atoms in total. The number of hydrogen-bond donors (Lipinski definition) is 0. The lowest BCUT2D eigenvalue weighted by molar-refractivity contribution is -0.116. The van der Waals surface area contributed by atoms with Crippen molar-refractivity contribution in [2.45, 2.75) is 53.4 Å². The second-order valence-corrected chi connectivity index (χ2v) is 5.34. The Morgan fingerprint density at radius 3 is 2.71 bits per heavy atom. The standard InChI is InChI=1S/C16H24O/c1-12(2)6-5-7-13(3)10-15-9-8-14(4)16(17)11-15/h6,8,10,15H,5,7,9,11H2,1-4H3/b13-10+. The smallest absolute Gasteiger partial charge is 0.158 e. The molecule has 0 spiro atoms. The average molecular weight is 232 g/mol. The molecule has 1 atom stereocenters. The lowest BCUT2D eigenvalue weighted by Gasteiger charge is -2.17. The topological polar surface area (TPSA) is 17.1 Å². The molecule has 0 radical (unpaired) electrons. The van der Waals surface area contributed by atoms with Crippen molar-refractivity contribution in [2.24, 2.45) is 5.92 Å². The Balaban J connectivity index is 2.47. The quantitative estimate of drug-likeness (QED) is 0.647. The highest BCUT2D eigenvalue weighted by molar-refractivity contribution is 5.95. The van der Waals surface area contributed by atoms with Crippen LogP contribution in [-0.4, -0.2) is 5.78 Å². The van der Waals surface area contributed by atoms with E-state index < -0.39 is 0 Å². The Morgan fingerprint density at radius 1 is 1.41 bits per heavy atom. The van der Waals surface area contributed by atoms with Gasteiger partial charge in [-0.05, 0) is 58.4 Å². The Labute approximate surface area is 105 Å². The summed E-state index contributed by atoms with van der Waals surface area (Å²) in [6.45, 7) is 8.36. The lowest BCUT2D eigenvalue weighted by Crippen LogP contribution is -2.12. The van der Waals surface area contributed by atoms with Gasteiger partial charge < -0.3 is 0 Å². The summed E-state index contributed by atoms with van der Waals surface area (Å²) in [5.41, 5.74) is 3.73. The van der Waals surface area contributed by atoms with Crippen molar-refractivity contribution in [3.8, 4) is 0 Å². The minimum Gasteiger partial charge on any atom is -0.295 e. The monoisotopic (exact) mass is 232 g/mol. The van der Waals surface area contributed by atoms with E-state index in [2.05, 4.69) is 39.0 Å². The molecule has 1 aliphatic carbocycles. The van der Waals surface area contributed by atoms with Gasteiger partial charge in [0.1, 0.15) is 0 Å². The summed E-state index contributed by atoms with van der Waals surface area (Å²) in [5.74, 6) is 0.743. The highest BCUT2D eigenvalue weighted by Crippen LogP contribution is 2.23. The molecule has 17 heavy (non-hydrogen) atoms. The maximum atomic E-state index is 11.6. The second kappa shape index (κ2) is 6.58. The van der Waals surface area contributed by atoms with E-state index in [1.165, 1.54) is 11.1 Å². The molecule has 0 amide bonds. The Bertz CT molecular complexity index is 365. The van der Waals surface area contributed by atoms with Gasteiger partial charge >= 0.3 is 0 Å². The fourth-order valence-electron chi connectivity index (χ4n) is 2.13. The summed E-state index contributed by atoms with van der Waals surface area (Å²) < 4.78 is 0. The largest absolute Gasteiger partial charge is 0.295 e. The molecule has 0 aliphatic heterocycles. The minimum absolute atomic E-state index is 0.314. The third-order valence-electron chi connectivity index (χ3n) is 3.23. The molecule has 0 saturated carbocycles. The molecule has 94 valence electrons. The van der Waals surface area contributed by atoms with E-state index >= 15 is 0 Å². The molecule has 0 aromatic rings. The normalized spacial score (nSPS) is 21.2. The van der Waals surface area contributed by atoms with Crippen LogP contribution in [0.15, 0.2) is 34.9 Å². The van der Waals surface area contributed by atoms with Crippen LogP contribution in [0.2, 0.25) is 0 Å². The predicted molar refractivity (Wildman–Crippen MR) is 73.9 cm³/mol. The van der Waals surface area contributed by atoms with Crippen LogP contribution in [-0.2, 0) is 4.79 Å².